The fraction of sp³-hybridized carbons (Fsp3) is 0.186. The first kappa shape index (κ1) is 72.3. The standard InChI is InChI=1S/C27H29N2O3PS.C17H16ClN2OP.C9H7ClN2.C9H13NO2S.C8H10BrOP/c1-19(2)34(31,32)27-12-8-7-11-25(27)29-26-18-21(28-24-10-6-5-9-23(24)26)17-20-13-15-22(16-14-20)33(3,4)30;1-22(2,21)13-9-7-12(8-10-13)19-17-11-15(18)14-5-3-4-6-16(14)20-17;10-7-5-9(11)12-8-4-2-1-3-6(7)8;1-7(2)13(11,12)9-6-4-3-5-8(9)10;1-11(2,10)8-5-3-7(9)4-6-8/h5-16,18-19H,17H2,1-4H3,(H,28,29);3-11H,1-2H3,(H,19,20);1-5H,(H2,11,12);3-7H,10H2,1-2H3;3-6H,1-2H3. The summed E-state index contributed by atoms with van der Waals surface area (Å²) in [6.45, 7) is 17.3. The number of para-hydroxylation sites is 5. The number of pyridine rings is 3. The lowest BCUT2D eigenvalue weighted by Crippen LogP contribution is -2.15. The van der Waals surface area contributed by atoms with Crippen LogP contribution in [0.25, 0.3) is 32.7 Å². The van der Waals surface area contributed by atoms with Gasteiger partial charge in [0.2, 0.25) is 0 Å². The Morgan fingerprint density at radius 1 is 0.457 bits per heavy atom. The first-order valence-corrected chi connectivity index (χ1v) is 41.5. The molecule has 0 saturated heterocycles. The molecule has 11 rings (SSSR count). The van der Waals surface area contributed by atoms with Crippen LogP contribution in [0.5, 0.6) is 0 Å². The van der Waals surface area contributed by atoms with E-state index in [1.165, 1.54) is 6.07 Å². The molecule has 0 atom stereocenters. The number of nitrogen functional groups attached to an aromatic ring is 2. The minimum Gasteiger partial charge on any atom is -0.398 e. The lowest BCUT2D eigenvalue weighted by molar-refractivity contribution is 0.586. The minimum absolute atomic E-state index is 0.227. The van der Waals surface area contributed by atoms with Crippen LogP contribution in [0.3, 0.4) is 0 Å². The van der Waals surface area contributed by atoms with Crippen LogP contribution in [-0.4, -0.2) is 82.3 Å². The molecule has 3 heterocycles. The second-order valence-electron chi connectivity index (χ2n) is 23.1. The van der Waals surface area contributed by atoms with Crippen molar-refractivity contribution in [2.75, 3.05) is 62.1 Å². The van der Waals surface area contributed by atoms with Gasteiger partial charge in [0.1, 0.15) is 33.1 Å². The maximum absolute atomic E-state index is 12.9. The summed E-state index contributed by atoms with van der Waals surface area (Å²) in [6, 6.07) is 65.1. The van der Waals surface area contributed by atoms with E-state index in [1.54, 1.807) is 110 Å². The molecule has 92 heavy (non-hydrogen) atoms. The van der Waals surface area contributed by atoms with Crippen molar-refractivity contribution in [3.05, 3.63) is 238 Å². The molecule has 0 unspecified atom stereocenters. The van der Waals surface area contributed by atoms with Crippen molar-refractivity contribution in [2.45, 2.75) is 54.4 Å². The lowest BCUT2D eigenvalue weighted by Gasteiger charge is -2.17. The van der Waals surface area contributed by atoms with Crippen LogP contribution < -0.4 is 38.0 Å². The van der Waals surface area contributed by atoms with Crippen LogP contribution >= 0.6 is 60.6 Å². The molecule has 0 aliphatic heterocycles. The number of aromatic nitrogens is 3. The molecule has 22 heteroatoms. The van der Waals surface area contributed by atoms with E-state index in [4.69, 9.17) is 39.7 Å². The number of nitrogens with two attached hydrogens (primary N) is 2. The summed E-state index contributed by atoms with van der Waals surface area (Å²) >= 11 is 15.6. The van der Waals surface area contributed by atoms with E-state index < -0.39 is 51.6 Å². The summed E-state index contributed by atoms with van der Waals surface area (Å²) in [7, 11) is -13.3. The maximum Gasteiger partial charge on any atom is 0.182 e. The Morgan fingerprint density at radius 3 is 1.38 bits per heavy atom. The van der Waals surface area contributed by atoms with Crippen LogP contribution in [-0.2, 0) is 39.8 Å². The molecular formula is C70H75BrCl2N7O7P3S2. The molecule has 0 spiro atoms. The zero-order valence-corrected chi connectivity index (χ0v) is 60.1. The molecule has 0 radical (unpaired) electrons. The van der Waals surface area contributed by atoms with Crippen LogP contribution in [0, 0.1) is 0 Å². The molecule has 14 nitrogen and oxygen atoms in total. The topological polar surface area (TPSA) is 234 Å². The zero-order valence-electron chi connectivity index (χ0n) is 52.7. The van der Waals surface area contributed by atoms with Gasteiger partial charge in [0, 0.05) is 66.1 Å². The van der Waals surface area contributed by atoms with Crippen LogP contribution in [0.15, 0.2) is 227 Å². The fourth-order valence-corrected chi connectivity index (χ4v) is 14.8. The quantitative estimate of drug-likeness (QED) is 0.0621. The number of hydrogen-bond acceptors (Lipinski definition) is 14. The summed E-state index contributed by atoms with van der Waals surface area (Å²) in [6.07, 6.45) is 0.601. The fourth-order valence-electron chi connectivity index (χ4n) is 9.02. The number of anilines is 6. The van der Waals surface area contributed by atoms with Gasteiger partial charge < -0.3 is 35.8 Å². The van der Waals surface area contributed by atoms with Crippen molar-refractivity contribution in [2.24, 2.45) is 0 Å². The van der Waals surface area contributed by atoms with Crippen molar-refractivity contribution < 1.29 is 30.5 Å². The second kappa shape index (κ2) is 31.2. The molecule has 8 aromatic carbocycles. The van der Waals surface area contributed by atoms with Crippen LogP contribution in [0.1, 0.15) is 39.0 Å². The van der Waals surface area contributed by atoms with E-state index in [9.17, 15) is 30.5 Å². The maximum atomic E-state index is 12.9. The normalized spacial score (nSPS) is 11.7. The number of benzene rings is 8. The highest BCUT2D eigenvalue weighted by Crippen LogP contribution is 2.38. The predicted molar refractivity (Wildman–Crippen MR) is 395 cm³/mol. The third-order valence-corrected chi connectivity index (χ3v) is 24.4. The Hall–Kier alpha value is -7.16. The predicted octanol–water partition coefficient (Wildman–Crippen LogP) is 17.5. The third kappa shape index (κ3) is 19.7. The zero-order chi connectivity index (χ0) is 67.3. The average Bonchev–Trinajstić information content (AvgIpc) is 0.820. The van der Waals surface area contributed by atoms with Crippen molar-refractivity contribution >= 4 is 163 Å². The Bertz CT molecular complexity index is 4780. The van der Waals surface area contributed by atoms with E-state index in [0.29, 0.717) is 39.5 Å². The molecule has 480 valence electrons. The van der Waals surface area contributed by atoms with Crippen molar-refractivity contribution in [1.29, 1.82) is 0 Å². The summed E-state index contributed by atoms with van der Waals surface area (Å²) in [5.74, 6) is 1.14. The Balaban J connectivity index is 0.000000177. The molecule has 0 aliphatic carbocycles. The monoisotopic (exact) mass is 1430 g/mol. The lowest BCUT2D eigenvalue weighted by atomic mass is 10.1. The third-order valence-electron chi connectivity index (χ3n) is 14.2. The van der Waals surface area contributed by atoms with Gasteiger partial charge in [0.25, 0.3) is 0 Å². The summed E-state index contributed by atoms with van der Waals surface area (Å²) in [5.41, 5.74) is 18.1. The van der Waals surface area contributed by atoms with Crippen LogP contribution in [0.4, 0.5) is 34.4 Å². The summed E-state index contributed by atoms with van der Waals surface area (Å²) in [5, 5.41) is 12.4. The van der Waals surface area contributed by atoms with Gasteiger partial charge >= 0.3 is 0 Å². The van der Waals surface area contributed by atoms with Gasteiger partial charge in [-0.2, -0.15) is 0 Å². The van der Waals surface area contributed by atoms with Gasteiger partial charge in [-0.25, -0.2) is 26.8 Å². The SMILES string of the molecule is CC(C)S(=O)(=O)c1ccccc1N.CC(C)S(=O)(=O)c1ccccc1Nc1cc(Cc2ccc(P(C)(C)=O)cc2)nc2ccccc12.CP(C)(=O)c1ccc(Br)cc1.CP(C)(=O)c1ccc(Nc2cc(Cl)c3ccccc3n2)cc1.Nc1cc(Cl)c2ccccc2n1. The second-order valence-corrected chi connectivity index (χ2v) is 39.5. The van der Waals surface area contributed by atoms with E-state index >= 15 is 0 Å². The first-order chi connectivity index (χ1) is 43.2. The first-order valence-electron chi connectivity index (χ1n) is 29.0. The average molecular weight is 1430 g/mol. The Morgan fingerprint density at radius 2 is 0.870 bits per heavy atom. The molecule has 0 fully saturated rings. The molecule has 11 aromatic rings. The number of fused-ring (bicyclic) bond motifs is 3. The molecule has 0 aliphatic rings. The van der Waals surface area contributed by atoms with Gasteiger partial charge in [0.15, 0.2) is 19.7 Å². The Labute approximate surface area is 559 Å². The van der Waals surface area contributed by atoms with E-state index in [0.717, 1.165) is 75.7 Å². The highest BCUT2D eigenvalue weighted by atomic mass is 79.9. The van der Waals surface area contributed by atoms with E-state index in [2.05, 4.69) is 36.5 Å². The molecular weight excluding hydrogens is 1360 g/mol. The number of nitrogens with one attached hydrogen (secondary N) is 2. The minimum atomic E-state index is -3.46. The van der Waals surface area contributed by atoms with Crippen molar-refractivity contribution in [1.82, 2.24) is 15.0 Å². The number of rotatable bonds is 13. The van der Waals surface area contributed by atoms with Gasteiger partial charge in [-0.1, -0.05) is 154 Å². The van der Waals surface area contributed by atoms with Crippen molar-refractivity contribution in [3.63, 3.8) is 0 Å². The van der Waals surface area contributed by atoms with Crippen molar-refractivity contribution in [3.8, 4) is 0 Å². The van der Waals surface area contributed by atoms with E-state index in [-0.39, 0.29) is 9.79 Å². The Kier molecular flexibility index (Phi) is 24.5. The summed E-state index contributed by atoms with van der Waals surface area (Å²) in [4.78, 5) is 14.0. The number of halogens is 3. The van der Waals surface area contributed by atoms with Gasteiger partial charge in [-0.05, 0) is 164 Å². The molecule has 0 amide bonds. The van der Waals surface area contributed by atoms with E-state index in [1.807, 2.05) is 164 Å². The van der Waals surface area contributed by atoms with Gasteiger partial charge in [-0.3, -0.25) is 4.98 Å². The number of nitrogens with zero attached hydrogens (tertiary/aromatic N) is 3. The molecule has 6 N–H and O–H groups in total. The van der Waals surface area contributed by atoms with Gasteiger partial charge in [0.05, 0.1) is 58.3 Å². The highest BCUT2D eigenvalue weighted by Gasteiger charge is 2.24. The highest BCUT2D eigenvalue weighted by molar-refractivity contribution is 9.10. The summed E-state index contributed by atoms with van der Waals surface area (Å²) < 4.78 is 86.1. The molecule has 3 aromatic heterocycles. The molecule has 0 bridgehead atoms. The number of hydrogen-bond donors (Lipinski definition) is 4. The smallest absolute Gasteiger partial charge is 0.182 e. The largest absolute Gasteiger partial charge is 0.398 e. The van der Waals surface area contributed by atoms with Crippen LogP contribution in [0.2, 0.25) is 10.0 Å². The van der Waals surface area contributed by atoms with Gasteiger partial charge in [-0.15, -0.1) is 0 Å². The number of sulfone groups is 2. The molecule has 0 saturated carbocycles.